The molecule has 0 heterocycles. The number of allylic oxidation sites excluding steroid dienone is 3. The smallest absolute Gasteiger partial charge is 0.0764 e. The van der Waals surface area contributed by atoms with Gasteiger partial charge in [0.05, 0.1) is 12.7 Å². The SMILES string of the molecule is C=CCC/C=C(/C)CCOC1C=C(C)CC(C(C)=S)C1. The average molecular weight is 292 g/mol. The Kier molecular flexibility index (Phi) is 8.01. The van der Waals surface area contributed by atoms with E-state index < -0.39 is 0 Å². The summed E-state index contributed by atoms with van der Waals surface area (Å²) in [6.07, 6.45) is 12.1. The zero-order chi connectivity index (χ0) is 15.0. The van der Waals surface area contributed by atoms with Crippen molar-refractivity contribution in [2.24, 2.45) is 5.92 Å². The molecule has 0 N–H and O–H groups in total. The second kappa shape index (κ2) is 9.25. The van der Waals surface area contributed by atoms with E-state index >= 15 is 0 Å². The van der Waals surface area contributed by atoms with E-state index in [0.717, 1.165) is 43.6 Å². The fraction of sp³-hybridized carbons (Fsp3) is 0.611. The summed E-state index contributed by atoms with van der Waals surface area (Å²) in [4.78, 5) is 1.12. The average Bonchev–Trinajstić information content (AvgIpc) is 2.38. The van der Waals surface area contributed by atoms with Gasteiger partial charge in [-0.05, 0) is 63.7 Å². The molecule has 0 amide bonds. The molecule has 0 aromatic rings. The predicted octanol–water partition coefficient (Wildman–Crippen LogP) is 5.42. The van der Waals surface area contributed by atoms with Crippen LogP contribution in [0, 0.1) is 5.92 Å². The summed E-state index contributed by atoms with van der Waals surface area (Å²) in [5.74, 6) is 0.518. The Morgan fingerprint density at radius 1 is 1.45 bits per heavy atom. The van der Waals surface area contributed by atoms with Crippen LogP contribution >= 0.6 is 12.2 Å². The normalized spacial score (nSPS) is 23.4. The standard InChI is InChI=1S/C18H28OS/c1-5-6-7-8-14(2)9-10-19-18-12-15(3)11-17(13-18)16(4)20/h5,8,12,17-18H,1,6-7,9-11,13H2,2-4H3/b14-8-. The largest absolute Gasteiger partial charge is 0.374 e. The van der Waals surface area contributed by atoms with E-state index in [9.17, 15) is 0 Å². The molecule has 0 fully saturated rings. The Balaban J connectivity index is 2.34. The van der Waals surface area contributed by atoms with Crippen LogP contribution in [0.25, 0.3) is 0 Å². The molecule has 1 nitrogen and oxygen atoms in total. The van der Waals surface area contributed by atoms with E-state index in [-0.39, 0.29) is 6.10 Å². The number of unbranched alkanes of at least 4 members (excludes halogenated alkanes) is 1. The fourth-order valence-electron chi connectivity index (χ4n) is 2.55. The summed E-state index contributed by atoms with van der Waals surface area (Å²) < 4.78 is 6.01. The van der Waals surface area contributed by atoms with Gasteiger partial charge in [-0.15, -0.1) is 6.58 Å². The van der Waals surface area contributed by atoms with Gasteiger partial charge < -0.3 is 4.74 Å². The zero-order valence-corrected chi connectivity index (χ0v) is 14.0. The highest BCUT2D eigenvalue weighted by molar-refractivity contribution is 7.80. The fourth-order valence-corrected chi connectivity index (χ4v) is 2.73. The van der Waals surface area contributed by atoms with Crippen molar-refractivity contribution in [3.8, 4) is 0 Å². The Bertz CT molecular complexity index is 392. The van der Waals surface area contributed by atoms with Crippen molar-refractivity contribution in [1.82, 2.24) is 0 Å². The van der Waals surface area contributed by atoms with Crippen molar-refractivity contribution in [1.29, 1.82) is 0 Å². The third kappa shape index (κ3) is 6.62. The van der Waals surface area contributed by atoms with Crippen LogP contribution in [0.3, 0.4) is 0 Å². The molecule has 0 aliphatic heterocycles. The second-order valence-electron chi connectivity index (χ2n) is 5.84. The molecular weight excluding hydrogens is 264 g/mol. The molecule has 0 radical (unpaired) electrons. The maximum absolute atomic E-state index is 6.01. The van der Waals surface area contributed by atoms with Gasteiger partial charge in [0, 0.05) is 0 Å². The minimum atomic E-state index is 0.243. The maximum atomic E-state index is 6.01. The third-order valence-electron chi connectivity index (χ3n) is 3.82. The molecule has 0 saturated carbocycles. The van der Waals surface area contributed by atoms with Crippen molar-refractivity contribution in [3.05, 3.63) is 36.0 Å². The first kappa shape index (κ1) is 17.3. The lowest BCUT2D eigenvalue weighted by Gasteiger charge is -2.27. The highest BCUT2D eigenvalue weighted by atomic mass is 32.1. The number of hydrogen-bond acceptors (Lipinski definition) is 2. The van der Waals surface area contributed by atoms with Crippen LogP contribution in [0.1, 0.15) is 52.9 Å². The van der Waals surface area contributed by atoms with E-state index in [2.05, 4.69) is 39.5 Å². The molecule has 2 heteroatoms. The summed E-state index contributed by atoms with van der Waals surface area (Å²) in [5.41, 5.74) is 2.82. The number of rotatable bonds is 8. The van der Waals surface area contributed by atoms with Crippen LogP contribution in [-0.4, -0.2) is 17.6 Å². The third-order valence-corrected chi connectivity index (χ3v) is 4.16. The number of hydrogen-bond donors (Lipinski definition) is 0. The highest BCUT2D eigenvalue weighted by Gasteiger charge is 2.22. The molecule has 0 bridgehead atoms. The van der Waals surface area contributed by atoms with Crippen molar-refractivity contribution >= 4 is 17.1 Å². The topological polar surface area (TPSA) is 9.23 Å². The van der Waals surface area contributed by atoms with Crippen LogP contribution < -0.4 is 0 Å². The number of thiocarbonyl (C=S) groups is 1. The van der Waals surface area contributed by atoms with Gasteiger partial charge in [-0.1, -0.05) is 41.6 Å². The molecule has 0 aromatic heterocycles. The zero-order valence-electron chi connectivity index (χ0n) is 13.2. The lowest BCUT2D eigenvalue weighted by Crippen LogP contribution is -2.24. The van der Waals surface area contributed by atoms with Crippen LogP contribution in [0.2, 0.25) is 0 Å². The van der Waals surface area contributed by atoms with Crippen LogP contribution in [0.4, 0.5) is 0 Å². The van der Waals surface area contributed by atoms with Gasteiger partial charge in [0.15, 0.2) is 0 Å². The second-order valence-corrected chi connectivity index (χ2v) is 6.48. The summed E-state index contributed by atoms with van der Waals surface area (Å²) >= 11 is 5.33. The Morgan fingerprint density at radius 3 is 2.85 bits per heavy atom. The van der Waals surface area contributed by atoms with Gasteiger partial charge in [-0.2, -0.15) is 0 Å². The molecule has 0 aromatic carbocycles. The molecular formula is C18H28OS. The molecule has 2 unspecified atom stereocenters. The lowest BCUT2D eigenvalue weighted by molar-refractivity contribution is 0.0712. The highest BCUT2D eigenvalue weighted by Crippen LogP contribution is 2.27. The molecule has 20 heavy (non-hydrogen) atoms. The van der Waals surface area contributed by atoms with Crippen molar-refractivity contribution in [2.45, 2.75) is 59.0 Å². The van der Waals surface area contributed by atoms with E-state index in [1.54, 1.807) is 0 Å². The van der Waals surface area contributed by atoms with Crippen LogP contribution in [0.5, 0.6) is 0 Å². The van der Waals surface area contributed by atoms with E-state index in [4.69, 9.17) is 17.0 Å². The predicted molar refractivity (Wildman–Crippen MR) is 92.3 cm³/mol. The summed E-state index contributed by atoms with van der Waals surface area (Å²) in [6.45, 7) is 11.0. The first-order chi connectivity index (χ1) is 9.52. The maximum Gasteiger partial charge on any atom is 0.0764 e. The van der Waals surface area contributed by atoms with Gasteiger partial charge in [-0.3, -0.25) is 0 Å². The van der Waals surface area contributed by atoms with Crippen LogP contribution in [0.15, 0.2) is 36.0 Å². The van der Waals surface area contributed by atoms with Gasteiger partial charge in [0.2, 0.25) is 0 Å². The van der Waals surface area contributed by atoms with Gasteiger partial charge in [0.1, 0.15) is 0 Å². The molecule has 2 atom stereocenters. The van der Waals surface area contributed by atoms with Crippen LogP contribution in [-0.2, 0) is 4.74 Å². The van der Waals surface area contributed by atoms with Crippen molar-refractivity contribution in [3.63, 3.8) is 0 Å². The van der Waals surface area contributed by atoms with Crippen molar-refractivity contribution < 1.29 is 4.74 Å². The monoisotopic (exact) mass is 292 g/mol. The molecule has 0 saturated heterocycles. The first-order valence-corrected chi connectivity index (χ1v) is 7.99. The summed E-state index contributed by atoms with van der Waals surface area (Å²) in [5, 5.41) is 0. The Morgan fingerprint density at radius 2 is 2.20 bits per heavy atom. The molecule has 1 rings (SSSR count). The molecule has 1 aliphatic carbocycles. The van der Waals surface area contributed by atoms with E-state index in [1.807, 2.05) is 6.08 Å². The Labute approximate surface area is 129 Å². The molecule has 112 valence electrons. The van der Waals surface area contributed by atoms with Crippen molar-refractivity contribution in [2.75, 3.05) is 6.61 Å². The van der Waals surface area contributed by atoms with Gasteiger partial charge in [0.25, 0.3) is 0 Å². The van der Waals surface area contributed by atoms with E-state index in [1.165, 1.54) is 11.1 Å². The van der Waals surface area contributed by atoms with Gasteiger partial charge in [-0.25, -0.2) is 0 Å². The van der Waals surface area contributed by atoms with E-state index in [0.29, 0.717) is 5.92 Å². The summed E-state index contributed by atoms with van der Waals surface area (Å²) in [6, 6.07) is 0. The minimum Gasteiger partial charge on any atom is -0.374 e. The Hall–Kier alpha value is -0.730. The molecule has 0 spiro atoms. The lowest BCUT2D eigenvalue weighted by atomic mass is 9.86. The summed E-state index contributed by atoms with van der Waals surface area (Å²) in [7, 11) is 0. The number of ether oxygens (including phenoxy) is 1. The molecule has 1 aliphatic rings. The minimum absolute atomic E-state index is 0.243. The quantitative estimate of drug-likeness (QED) is 0.335. The first-order valence-electron chi connectivity index (χ1n) is 7.58. The van der Waals surface area contributed by atoms with Gasteiger partial charge >= 0.3 is 0 Å².